The zero-order valence-corrected chi connectivity index (χ0v) is 25.2. The quantitative estimate of drug-likeness (QED) is 0.178. The van der Waals surface area contributed by atoms with Crippen LogP contribution in [-0.2, 0) is 14.3 Å². The van der Waals surface area contributed by atoms with Crippen LogP contribution in [-0.4, -0.2) is 25.8 Å². The number of carbonyl (C=O) groups excluding carboxylic acids is 2. The van der Waals surface area contributed by atoms with Crippen molar-refractivity contribution in [3.63, 3.8) is 0 Å². The van der Waals surface area contributed by atoms with Crippen LogP contribution in [0.5, 0.6) is 0 Å². The number of methoxy groups -OCH3 is 2. The van der Waals surface area contributed by atoms with Crippen molar-refractivity contribution in [3.05, 3.63) is 106 Å². The van der Waals surface area contributed by atoms with Crippen molar-refractivity contribution in [3.8, 4) is 0 Å². The summed E-state index contributed by atoms with van der Waals surface area (Å²) in [5, 5.41) is 0. The van der Waals surface area contributed by atoms with Gasteiger partial charge in [-0.3, -0.25) is 9.59 Å². The molecule has 39 heavy (non-hydrogen) atoms. The Hall–Kier alpha value is -3.40. The van der Waals surface area contributed by atoms with Crippen molar-refractivity contribution in [2.45, 2.75) is 73.6 Å². The fourth-order valence-corrected chi connectivity index (χ4v) is 5.14. The van der Waals surface area contributed by atoms with Crippen LogP contribution in [0.25, 0.3) is 0 Å². The van der Waals surface area contributed by atoms with E-state index >= 15 is 0 Å². The molecule has 0 heterocycles. The van der Waals surface area contributed by atoms with Gasteiger partial charge in [-0.25, -0.2) is 0 Å². The fraction of sp³-hybridized carbons (Fsp3) is 0.429. The molecule has 0 saturated heterocycles. The van der Waals surface area contributed by atoms with Crippen LogP contribution < -0.4 is 0 Å². The smallest absolute Gasteiger partial charge is 0.200 e. The lowest BCUT2D eigenvalue weighted by molar-refractivity contribution is -0.126. The second-order valence-electron chi connectivity index (χ2n) is 11.2. The Morgan fingerprint density at radius 2 is 1.56 bits per heavy atom. The summed E-state index contributed by atoms with van der Waals surface area (Å²) in [5.74, 6) is 0.422. The van der Waals surface area contributed by atoms with Gasteiger partial charge >= 0.3 is 0 Å². The molecule has 0 radical (unpaired) electrons. The molecule has 0 N–H and O–H groups in total. The first kappa shape index (κ1) is 31.8. The number of hydrogen-bond acceptors (Lipinski definition) is 4. The molecule has 0 saturated carbocycles. The van der Waals surface area contributed by atoms with Crippen LogP contribution in [0.4, 0.5) is 0 Å². The summed E-state index contributed by atoms with van der Waals surface area (Å²) in [6.45, 7) is 20.4. The summed E-state index contributed by atoms with van der Waals surface area (Å²) in [6, 6.07) is 9.10. The predicted molar refractivity (Wildman–Crippen MR) is 161 cm³/mol. The first-order valence-corrected chi connectivity index (χ1v) is 13.7. The van der Waals surface area contributed by atoms with E-state index in [1.807, 2.05) is 65.8 Å². The van der Waals surface area contributed by atoms with Gasteiger partial charge in [0.2, 0.25) is 0 Å². The van der Waals surface area contributed by atoms with Gasteiger partial charge in [-0.05, 0) is 79.6 Å². The molecule has 1 aromatic rings. The summed E-state index contributed by atoms with van der Waals surface area (Å²) in [5.41, 5.74) is 4.52. The maximum atomic E-state index is 14.7. The largest absolute Gasteiger partial charge is 0.499 e. The minimum Gasteiger partial charge on any atom is -0.499 e. The molecule has 0 unspecified atom stereocenters. The molecule has 2 rings (SSSR count). The fourth-order valence-electron chi connectivity index (χ4n) is 5.14. The zero-order valence-electron chi connectivity index (χ0n) is 25.2. The van der Waals surface area contributed by atoms with Crippen LogP contribution >= 0.6 is 0 Å². The molecule has 4 nitrogen and oxygen atoms in total. The van der Waals surface area contributed by atoms with Crippen LogP contribution in [0.15, 0.2) is 101 Å². The number of benzene rings is 1. The molecule has 1 aromatic carbocycles. The van der Waals surface area contributed by atoms with Crippen molar-refractivity contribution in [2.24, 2.45) is 11.3 Å². The second kappa shape index (κ2) is 14.1. The standard InChI is InChI=1S/C35H46O4/c1-23(2)16-18-28(26(7)8)22-35(21-20-25(5)6)33(37)29(19-17-24(3)4)32(38-9)30(34(35)39-10)31(36)27-14-12-11-13-15-27/h11-15,17,20,28H,1,7,16,18-19,21-22H2,2-6,8-10H3/t28-,35+/m1/s1. The lowest BCUT2D eigenvalue weighted by atomic mass is 9.63. The minimum atomic E-state index is -1.09. The Bertz CT molecular complexity index is 1210. The SMILES string of the molecule is C=C(C)CC[C@H](C[C@@]1(CC=C(C)C)C(=O)C(CC=C(C)C)=C(OC)C(C(=O)c2ccccc2)=C1OC)C(=C)C. The molecular weight excluding hydrogens is 484 g/mol. The Kier molecular flexibility index (Phi) is 11.5. The number of rotatable bonds is 14. The van der Waals surface area contributed by atoms with E-state index in [1.54, 1.807) is 19.2 Å². The third-order valence-corrected chi connectivity index (χ3v) is 7.33. The predicted octanol–water partition coefficient (Wildman–Crippen LogP) is 8.89. The van der Waals surface area contributed by atoms with E-state index in [2.05, 4.69) is 19.2 Å². The van der Waals surface area contributed by atoms with Crippen molar-refractivity contribution in [1.29, 1.82) is 0 Å². The molecule has 1 aliphatic carbocycles. The van der Waals surface area contributed by atoms with Crippen LogP contribution in [0.2, 0.25) is 0 Å². The number of allylic oxidation sites excluding steroid dienone is 9. The molecule has 0 spiro atoms. The first-order valence-electron chi connectivity index (χ1n) is 13.7. The third kappa shape index (κ3) is 7.59. The Labute approximate surface area is 235 Å². The van der Waals surface area contributed by atoms with Crippen molar-refractivity contribution in [2.75, 3.05) is 14.2 Å². The highest BCUT2D eigenvalue weighted by Gasteiger charge is 2.52. The van der Waals surface area contributed by atoms with E-state index < -0.39 is 5.41 Å². The number of hydrogen-bond donors (Lipinski definition) is 0. The molecule has 0 bridgehead atoms. The minimum absolute atomic E-state index is 0.0308. The maximum Gasteiger partial charge on any atom is 0.200 e. The van der Waals surface area contributed by atoms with Crippen LogP contribution in [0, 0.1) is 11.3 Å². The van der Waals surface area contributed by atoms with E-state index in [-0.39, 0.29) is 17.5 Å². The van der Waals surface area contributed by atoms with Gasteiger partial charge in [0.05, 0.1) is 19.6 Å². The van der Waals surface area contributed by atoms with Gasteiger partial charge < -0.3 is 9.47 Å². The lowest BCUT2D eigenvalue weighted by Crippen LogP contribution is -2.42. The van der Waals surface area contributed by atoms with Gasteiger partial charge in [0.15, 0.2) is 11.6 Å². The molecule has 0 aromatic heterocycles. The number of ketones is 2. The normalized spacial score (nSPS) is 17.9. The Balaban J connectivity index is 2.98. The number of carbonyl (C=O) groups is 2. The molecule has 4 heteroatoms. The van der Waals surface area contributed by atoms with Gasteiger partial charge in [-0.1, -0.05) is 71.4 Å². The third-order valence-electron chi connectivity index (χ3n) is 7.33. The first-order chi connectivity index (χ1) is 18.4. The second-order valence-corrected chi connectivity index (χ2v) is 11.2. The van der Waals surface area contributed by atoms with Gasteiger partial charge in [0, 0.05) is 11.1 Å². The monoisotopic (exact) mass is 530 g/mol. The summed E-state index contributed by atoms with van der Waals surface area (Å²) in [4.78, 5) is 28.9. The Morgan fingerprint density at radius 1 is 0.949 bits per heavy atom. The molecule has 2 atom stereocenters. The van der Waals surface area contributed by atoms with E-state index in [0.29, 0.717) is 47.5 Å². The molecule has 0 amide bonds. The highest BCUT2D eigenvalue weighted by Crippen LogP contribution is 2.51. The van der Waals surface area contributed by atoms with Crippen molar-refractivity contribution < 1.29 is 19.1 Å². The van der Waals surface area contributed by atoms with Crippen molar-refractivity contribution >= 4 is 11.6 Å². The van der Waals surface area contributed by atoms with Crippen LogP contribution in [0.1, 0.15) is 84.0 Å². The van der Waals surface area contributed by atoms with E-state index in [9.17, 15) is 9.59 Å². The molecular formula is C35H46O4. The Morgan fingerprint density at radius 3 is 2.05 bits per heavy atom. The summed E-state index contributed by atoms with van der Waals surface area (Å²) >= 11 is 0. The highest BCUT2D eigenvalue weighted by molar-refractivity contribution is 6.16. The van der Waals surface area contributed by atoms with Gasteiger partial charge in [-0.15, -0.1) is 6.58 Å². The highest BCUT2D eigenvalue weighted by atomic mass is 16.5. The average Bonchev–Trinajstić information content (AvgIpc) is 2.89. The summed E-state index contributed by atoms with van der Waals surface area (Å²) < 4.78 is 12.0. The maximum absolute atomic E-state index is 14.7. The average molecular weight is 531 g/mol. The van der Waals surface area contributed by atoms with Gasteiger partial charge in [0.25, 0.3) is 0 Å². The number of Topliss-reactive ketones (excluding diaryl/α,β-unsaturated/α-hetero) is 2. The molecule has 0 aliphatic heterocycles. The molecule has 210 valence electrons. The number of ether oxygens (including phenoxy) is 2. The van der Waals surface area contributed by atoms with E-state index in [4.69, 9.17) is 9.47 Å². The zero-order chi connectivity index (χ0) is 29.3. The van der Waals surface area contributed by atoms with E-state index in [0.717, 1.165) is 35.1 Å². The molecule has 1 aliphatic rings. The summed E-state index contributed by atoms with van der Waals surface area (Å²) in [6.07, 6.45) is 6.99. The van der Waals surface area contributed by atoms with Gasteiger partial charge in [-0.2, -0.15) is 0 Å². The summed E-state index contributed by atoms with van der Waals surface area (Å²) in [7, 11) is 3.07. The molecule has 0 fully saturated rings. The van der Waals surface area contributed by atoms with Gasteiger partial charge in [0.1, 0.15) is 17.1 Å². The van der Waals surface area contributed by atoms with Crippen molar-refractivity contribution in [1.82, 2.24) is 0 Å². The lowest BCUT2D eigenvalue weighted by Gasteiger charge is -2.41. The topological polar surface area (TPSA) is 52.6 Å². The van der Waals surface area contributed by atoms with E-state index in [1.165, 1.54) is 7.11 Å². The van der Waals surface area contributed by atoms with Crippen LogP contribution in [0.3, 0.4) is 0 Å².